The smallest absolute Gasteiger partial charge is 0.257 e. The lowest BCUT2D eigenvalue weighted by Crippen LogP contribution is -2.49. The summed E-state index contributed by atoms with van der Waals surface area (Å²) in [5, 5.41) is -1.22. The predicted octanol–water partition coefficient (Wildman–Crippen LogP) is 3.87. The van der Waals surface area contributed by atoms with E-state index in [0.717, 1.165) is 4.90 Å². The second-order valence-corrected chi connectivity index (χ2v) is 6.28. The third kappa shape index (κ3) is 3.41. The molecular formula is C18H15ClF4N2O2. The fourth-order valence-corrected chi connectivity index (χ4v) is 3.16. The molecule has 4 nitrogen and oxygen atoms in total. The van der Waals surface area contributed by atoms with Crippen LogP contribution in [0.3, 0.4) is 0 Å². The summed E-state index contributed by atoms with van der Waals surface area (Å²) < 4.78 is 60.7. The van der Waals surface area contributed by atoms with Crippen molar-refractivity contribution < 1.29 is 27.1 Å². The van der Waals surface area contributed by atoms with Crippen molar-refractivity contribution in [3.8, 4) is 5.75 Å². The molecule has 0 bridgehead atoms. The predicted molar refractivity (Wildman–Crippen MR) is 92.4 cm³/mol. The molecule has 0 radical (unpaired) electrons. The number of nitrogens with zero attached hydrogens (tertiary/aromatic N) is 2. The van der Waals surface area contributed by atoms with Crippen molar-refractivity contribution in [3.05, 3.63) is 58.1 Å². The highest BCUT2D eigenvalue weighted by Gasteiger charge is 2.31. The molecule has 0 unspecified atom stereocenters. The average Bonchev–Trinajstić information content (AvgIpc) is 2.71. The summed E-state index contributed by atoms with van der Waals surface area (Å²) in [7, 11) is 1.44. The third-order valence-corrected chi connectivity index (χ3v) is 4.74. The van der Waals surface area contributed by atoms with E-state index in [0.29, 0.717) is 11.3 Å². The van der Waals surface area contributed by atoms with Gasteiger partial charge in [0.15, 0.2) is 23.3 Å². The van der Waals surface area contributed by atoms with Crippen LogP contribution in [-0.2, 0) is 0 Å². The van der Waals surface area contributed by atoms with Gasteiger partial charge in [-0.1, -0.05) is 23.7 Å². The number of methoxy groups -OCH3 is 1. The summed E-state index contributed by atoms with van der Waals surface area (Å²) in [4.78, 5) is 15.3. The van der Waals surface area contributed by atoms with E-state index in [1.54, 1.807) is 24.3 Å². The molecule has 0 N–H and O–H groups in total. The van der Waals surface area contributed by atoms with E-state index in [-0.39, 0.29) is 32.1 Å². The number of para-hydroxylation sites is 1. The fourth-order valence-electron chi connectivity index (χ4n) is 3.00. The van der Waals surface area contributed by atoms with Crippen LogP contribution in [0, 0.1) is 23.3 Å². The molecule has 1 fully saturated rings. The number of rotatable bonds is 3. The van der Waals surface area contributed by atoms with Crippen molar-refractivity contribution in [3.63, 3.8) is 0 Å². The number of halogens is 5. The molecule has 1 aliphatic rings. The molecule has 0 spiro atoms. The second kappa shape index (κ2) is 7.64. The second-order valence-electron chi connectivity index (χ2n) is 5.90. The van der Waals surface area contributed by atoms with Crippen LogP contribution in [0.15, 0.2) is 24.3 Å². The van der Waals surface area contributed by atoms with Gasteiger partial charge in [-0.05, 0) is 12.1 Å². The highest BCUT2D eigenvalue weighted by Crippen LogP contribution is 2.34. The van der Waals surface area contributed by atoms with E-state index >= 15 is 0 Å². The molecule has 1 aliphatic heterocycles. The first-order chi connectivity index (χ1) is 12.9. The van der Waals surface area contributed by atoms with Crippen LogP contribution in [0.25, 0.3) is 0 Å². The fraction of sp³-hybridized carbons (Fsp3) is 0.278. The number of amides is 1. The number of piperazine rings is 1. The Bertz CT molecular complexity index is 857. The quantitative estimate of drug-likeness (QED) is 0.444. The van der Waals surface area contributed by atoms with Gasteiger partial charge in [0.05, 0.1) is 12.7 Å². The molecule has 3 rings (SSSR count). The van der Waals surface area contributed by atoms with Gasteiger partial charge >= 0.3 is 0 Å². The first-order valence-corrected chi connectivity index (χ1v) is 8.43. The van der Waals surface area contributed by atoms with Crippen LogP contribution < -0.4 is 9.64 Å². The monoisotopic (exact) mass is 402 g/mol. The average molecular weight is 403 g/mol. The molecule has 0 atom stereocenters. The zero-order valence-corrected chi connectivity index (χ0v) is 15.0. The molecule has 0 saturated carbocycles. The van der Waals surface area contributed by atoms with Gasteiger partial charge in [-0.15, -0.1) is 0 Å². The van der Waals surface area contributed by atoms with Crippen LogP contribution in [0.1, 0.15) is 10.4 Å². The molecule has 2 aromatic carbocycles. The SMILES string of the molecule is COc1ccccc1C(=O)N1CCN(c2c(F)c(F)c(Cl)c(F)c2F)CC1. The number of carbonyl (C=O) groups excluding carboxylic acids is 1. The van der Waals surface area contributed by atoms with Crippen molar-refractivity contribution in [2.75, 3.05) is 38.2 Å². The lowest BCUT2D eigenvalue weighted by molar-refractivity contribution is 0.0743. The Morgan fingerprint density at radius 1 is 0.963 bits per heavy atom. The topological polar surface area (TPSA) is 32.8 Å². The van der Waals surface area contributed by atoms with Crippen LogP contribution in [0.4, 0.5) is 23.2 Å². The van der Waals surface area contributed by atoms with E-state index in [9.17, 15) is 22.4 Å². The first kappa shape index (κ1) is 19.3. The summed E-state index contributed by atoms with van der Waals surface area (Å²) >= 11 is 5.25. The summed E-state index contributed by atoms with van der Waals surface area (Å²) in [6.07, 6.45) is 0. The van der Waals surface area contributed by atoms with Crippen molar-refractivity contribution >= 4 is 23.2 Å². The normalized spacial score (nSPS) is 14.4. The third-order valence-electron chi connectivity index (χ3n) is 4.41. The van der Waals surface area contributed by atoms with E-state index < -0.39 is 34.0 Å². The molecule has 1 heterocycles. The molecule has 1 amide bonds. The van der Waals surface area contributed by atoms with Crippen LogP contribution >= 0.6 is 11.6 Å². The molecule has 144 valence electrons. The molecular weight excluding hydrogens is 388 g/mol. The Kier molecular flexibility index (Phi) is 5.46. The Morgan fingerprint density at radius 2 is 1.52 bits per heavy atom. The molecule has 1 saturated heterocycles. The summed E-state index contributed by atoms with van der Waals surface area (Å²) in [5.41, 5.74) is -0.465. The van der Waals surface area contributed by atoms with E-state index in [2.05, 4.69) is 0 Å². The number of hydrogen-bond acceptors (Lipinski definition) is 3. The number of carbonyl (C=O) groups is 1. The summed E-state index contributed by atoms with van der Waals surface area (Å²) in [6.45, 7) is 0.216. The standard InChI is InChI=1S/C18H15ClF4N2O2/c1-27-11-5-3-2-4-10(11)18(26)25-8-6-24(7-9-25)17-15(22)13(20)12(19)14(21)16(17)23/h2-5H,6-9H2,1H3. The van der Waals surface area contributed by atoms with Crippen molar-refractivity contribution in [1.29, 1.82) is 0 Å². The van der Waals surface area contributed by atoms with E-state index in [1.807, 2.05) is 0 Å². The van der Waals surface area contributed by atoms with Crippen LogP contribution in [0.2, 0.25) is 5.02 Å². The maximum Gasteiger partial charge on any atom is 0.257 e. The molecule has 0 aliphatic carbocycles. The lowest BCUT2D eigenvalue weighted by atomic mass is 10.1. The van der Waals surface area contributed by atoms with Crippen LogP contribution in [0.5, 0.6) is 5.75 Å². The molecule has 0 aromatic heterocycles. The zero-order valence-electron chi connectivity index (χ0n) is 14.2. The number of hydrogen-bond donors (Lipinski definition) is 0. The van der Waals surface area contributed by atoms with Gasteiger partial charge < -0.3 is 14.5 Å². The molecule has 9 heteroatoms. The van der Waals surface area contributed by atoms with Crippen molar-refractivity contribution in [2.24, 2.45) is 0 Å². The van der Waals surface area contributed by atoms with E-state index in [1.165, 1.54) is 12.0 Å². The maximum absolute atomic E-state index is 14.1. The van der Waals surface area contributed by atoms with Crippen LogP contribution in [-0.4, -0.2) is 44.1 Å². The van der Waals surface area contributed by atoms with Gasteiger partial charge in [0.1, 0.15) is 16.5 Å². The lowest BCUT2D eigenvalue weighted by Gasteiger charge is -2.36. The molecule has 2 aromatic rings. The Balaban J connectivity index is 1.80. The van der Waals surface area contributed by atoms with Gasteiger partial charge in [-0.3, -0.25) is 4.79 Å². The number of benzene rings is 2. The Hall–Kier alpha value is -2.48. The van der Waals surface area contributed by atoms with Crippen molar-refractivity contribution in [2.45, 2.75) is 0 Å². The van der Waals surface area contributed by atoms with Crippen molar-refractivity contribution in [1.82, 2.24) is 4.90 Å². The molecule has 27 heavy (non-hydrogen) atoms. The van der Waals surface area contributed by atoms with Gasteiger partial charge in [0, 0.05) is 26.2 Å². The largest absolute Gasteiger partial charge is 0.496 e. The minimum absolute atomic E-state index is 0.00472. The summed E-state index contributed by atoms with van der Waals surface area (Å²) in [5.74, 6) is -6.28. The minimum Gasteiger partial charge on any atom is -0.496 e. The highest BCUT2D eigenvalue weighted by molar-refractivity contribution is 6.31. The highest BCUT2D eigenvalue weighted by atomic mass is 35.5. The Labute approximate surface area is 157 Å². The minimum atomic E-state index is -1.64. The first-order valence-electron chi connectivity index (χ1n) is 8.05. The zero-order chi connectivity index (χ0) is 19.7. The van der Waals surface area contributed by atoms with Gasteiger partial charge in [-0.25, -0.2) is 17.6 Å². The Morgan fingerprint density at radius 3 is 2.07 bits per heavy atom. The van der Waals surface area contributed by atoms with Gasteiger partial charge in [0.2, 0.25) is 0 Å². The van der Waals surface area contributed by atoms with E-state index in [4.69, 9.17) is 16.3 Å². The summed E-state index contributed by atoms with van der Waals surface area (Å²) in [6, 6.07) is 6.67. The number of ether oxygens (including phenoxy) is 1. The maximum atomic E-state index is 14.1. The van der Waals surface area contributed by atoms with Gasteiger partial charge in [-0.2, -0.15) is 0 Å². The number of anilines is 1. The van der Waals surface area contributed by atoms with Gasteiger partial charge in [0.25, 0.3) is 5.91 Å².